The highest BCUT2D eigenvalue weighted by atomic mass is 16.5. The molecule has 0 spiro atoms. The number of nitrogens with zero attached hydrogens (tertiary/aromatic N) is 2. The molecule has 8 heteroatoms. The summed E-state index contributed by atoms with van der Waals surface area (Å²) in [6.07, 6.45) is 0. The third kappa shape index (κ3) is 3.51. The summed E-state index contributed by atoms with van der Waals surface area (Å²) in [7, 11) is 0. The molecule has 1 atom stereocenters. The number of allylic oxidation sites excluding steroid dienone is 1. The van der Waals surface area contributed by atoms with Crippen molar-refractivity contribution in [3.05, 3.63) is 89.1 Å². The first-order chi connectivity index (χ1) is 15.9. The minimum Gasteiger partial charge on any atom is -0.508 e. The second-order valence-electron chi connectivity index (χ2n) is 7.82. The van der Waals surface area contributed by atoms with E-state index in [1.54, 1.807) is 11.5 Å². The van der Waals surface area contributed by atoms with Crippen LogP contribution in [0.4, 0.5) is 5.95 Å². The van der Waals surface area contributed by atoms with Gasteiger partial charge in [0.2, 0.25) is 5.95 Å². The van der Waals surface area contributed by atoms with Crippen LogP contribution in [0, 0.1) is 0 Å². The van der Waals surface area contributed by atoms with E-state index in [2.05, 4.69) is 10.3 Å². The fraction of sp³-hybridized carbons (Fsp3) is 0.120. The number of hydrogen-bond donors (Lipinski definition) is 4. The lowest BCUT2D eigenvalue weighted by Gasteiger charge is -2.31. The summed E-state index contributed by atoms with van der Waals surface area (Å²) in [4.78, 5) is 18.0. The van der Waals surface area contributed by atoms with Crippen molar-refractivity contribution in [2.24, 2.45) is 0 Å². The summed E-state index contributed by atoms with van der Waals surface area (Å²) >= 11 is 0. The maximum Gasteiger partial charge on any atom is 0.338 e. The number of imidazole rings is 1. The number of phenolic OH excluding ortho intramolecular Hbond substituents is 3. The molecule has 3 aromatic carbocycles. The van der Waals surface area contributed by atoms with Crippen LogP contribution < -0.4 is 5.32 Å². The maximum atomic E-state index is 13.4. The van der Waals surface area contributed by atoms with Crippen molar-refractivity contribution in [1.82, 2.24) is 9.55 Å². The first-order valence-corrected chi connectivity index (χ1v) is 10.3. The van der Waals surface area contributed by atoms with Gasteiger partial charge in [-0.25, -0.2) is 9.78 Å². The normalized spacial score (nSPS) is 15.2. The number of aromatic nitrogens is 2. The van der Waals surface area contributed by atoms with Crippen LogP contribution in [0.1, 0.15) is 24.1 Å². The molecule has 0 amide bonds. The van der Waals surface area contributed by atoms with E-state index in [1.165, 1.54) is 0 Å². The molecule has 1 unspecified atom stereocenters. The van der Waals surface area contributed by atoms with Gasteiger partial charge in [-0.2, -0.15) is 0 Å². The molecule has 166 valence electrons. The molecule has 8 nitrogen and oxygen atoms in total. The van der Waals surface area contributed by atoms with E-state index in [-0.39, 0.29) is 35.0 Å². The quantitative estimate of drug-likeness (QED) is 0.350. The van der Waals surface area contributed by atoms with Gasteiger partial charge in [-0.1, -0.05) is 42.5 Å². The molecule has 4 aromatic rings. The monoisotopic (exact) mass is 443 g/mol. The van der Waals surface area contributed by atoms with Gasteiger partial charge in [-0.15, -0.1) is 0 Å². The van der Waals surface area contributed by atoms with E-state index in [9.17, 15) is 20.1 Å². The molecule has 0 fully saturated rings. The van der Waals surface area contributed by atoms with Crippen LogP contribution in [-0.2, 0) is 16.1 Å². The summed E-state index contributed by atoms with van der Waals surface area (Å²) in [6.45, 7) is 1.78. The molecule has 33 heavy (non-hydrogen) atoms. The van der Waals surface area contributed by atoms with Gasteiger partial charge in [-0.05, 0) is 24.6 Å². The summed E-state index contributed by atoms with van der Waals surface area (Å²) in [5.74, 6) is -1.17. The number of carbonyl (C=O) groups is 1. The highest BCUT2D eigenvalue weighted by molar-refractivity contribution is 5.94. The summed E-state index contributed by atoms with van der Waals surface area (Å²) in [6, 6.07) is 17.9. The largest absolute Gasteiger partial charge is 0.508 e. The summed E-state index contributed by atoms with van der Waals surface area (Å²) < 4.78 is 7.34. The van der Waals surface area contributed by atoms with E-state index in [1.807, 2.05) is 54.6 Å². The van der Waals surface area contributed by atoms with Crippen LogP contribution in [0.5, 0.6) is 17.2 Å². The predicted octanol–water partition coefficient (Wildman–Crippen LogP) is 4.19. The van der Waals surface area contributed by atoms with Crippen molar-refractivity contribution >= 4 is 23.0 Å². The molecule has 5 rings (SSSR count). The SMILES string of the molecule is CC1=C(C(=O)OCc2ccccc2)C(c2c(O)cc(O)cc2O)n2c(nc3ccccc32)N1. The predicted molar refractivity (Wildman–Crippen MR) is 122 cm³/mol. The fourth-order valence-electron chi connectivity index (χ4n) is 4.19. The number of hydrogen-bond acceptors (Lipinski definition) is 7. The number of nitrogens with one attached hydrogen (secondary N) is 1. The molecule has 0 bridgehead atoms. The number of esters is 1. The number of benzene rings is 3. The second kappa shape index (κ2) is 7.90. The Balaban J connectivity index is 1.66. The number of phenols is 3. The van der Waals surface area contributed by atoms with Crippen LogP contribution in [0.25, 0.3) is 11.0 Å². The molecule has 1 aliphatic rings. The van der Waals surface area contributed by atoms with Crippen LogP contribution in [0.15, 0.2) is 78.0 Å². The molecule has 0 saturated carbocycles. The van der Waals surface area contributed by atoms with E-state index in [0.29, 0.717) is 22.7 Å². The number of para-hydroxylation sites is 2. The first kappa shape index (κ1) is 20.4. The van der Waals surface area contributed by atoms with Crippen LogP contribution >= 0.6 is 0 Å². The Morgan fingerprint density at radius 3 is 2.42 bits per heavy atom. The van der Waals surface area contributed by atoms with Gasteiger partial charge in [0, 0.05) is 17.8 Å². The average Bonchev–Trinajstić information content (AvgIpc) is 3.15. The van der Waals surface area contributed by atoms with Gasteiger partial charge < -0.3 is 25.4 Å². The van der Waals surface area contributed by atoms with E-state index in [0.717, 1.165) is 17.7 Å². The van der Waals surface area contributed by atoms with Gasteiger partial charge >= 0.3 is 5.97 Å². The zero-order chi connectivity index (χ0) is 23.1. The number of aromatic hydroxyl groups is 3. The Kier molecular flexibility index (Phi) is 4.90. The fourth-order valence-corrected chi connectivity index (χ4v) is 4.19. The van der Waals surface area contributed by atoms with Crippen molar-refractivity contribution < 1.29 is 24.9 Å². The van der Waals surface area contributed by atoms with Gasteiger partial charge in [0.1, 0.15) is 29.9 Å². The van der Waals surface area contributed by atoms with Crippen molar-refractivity contribution in [3.8, 4) is 17.2 Å². The second-order valence-corrected chi connectivity index (χ2v) is 7.82. The minimum atomic E-state index is -0.947. The molecule has 0 saturated heterocycles. The summed E-state index contributed by atoms with van der Waals surface area (Å²) in [5.41, 5.74) is 2.94. The van der Waals surface area contributed by atoms with Crippen molar-refractivity contribution in [3.63, 3.8) is 0 Å². The third-order valence-electron chi connectivity index (χ3n) is 5.66. The maximum absolute atomic E-state index is 13.4. The smallest absolute Gasteiger partial charge is 0.338 e. The number of fused-ring (bicyclic) bond motifs is 3. The molecule has 0 aliphatic carbocycles. The zero-order valence-electron chi connectivity index (χ0n) is 17.7. The van der Waals surface area contributed by atoms with Gasteiger partial charge in [0.15, 0.2) is 0 Å². The van der Waals surface area contributed by atoms with E-state index in [4.69, 9.17) is 4.74 Å². The Hall–Kier alpha value is -4.46. The number of ether oxygens (including phenoxy) is 1. The lowest BCUT2D eigenvalue weighted by Crippen LogP contribution is -2.29. The topological polar surface area (TPSA) is 117 Å². The highest BCUT2D eigenvalue weighted by Gasteiger charge is 2.38. The Morgan fingerprint density at radius 2 is 1.70 bits per heavy atom. The Morgan fingerprint density at radius 1 is 1.03 bits per heavy atom. The lowest BCUT2D eigenvalue weighted by molar-refractivity contribution is -0.140. The molecule has 0 radical (unpaired) electrons. The first-order valence-electron chi connectivity index (χ1n) is 10.3. The van der Waals surface area contributed by atoms with Gasteiger partial charge in [-0.3, -0.25) is 4.57 Å². The number of rotatable bonds is 4. The number of anilines is 1. The van der Waals surface area contributed by atoms with E-state index >= 15 is 0 Å². The highest BCUT2D eigenvalue weighted by Crippen LogP contribution is 2.46. The average molecular weight is 443 g/mol. The molecular weight excluding hydrogens is 422 g/mol. The van der Waals surface area contributed by atoms with Gasteiger partial charge in [0.05, 0.1) is 22.2 Å². The standard InChI is InChI=1S/C25H21N3O5/c1-14-21(24(32)33-13-15-7-3-2-4-8-15)23(22-19(30)11-16(29)12-20(22)31)28-18-10-6-5-9-17(18)27-25(28)26-14/h2-12,23,29-31H,13H2,1H3,(H,26,27). The van der Waals surface area contributed by atoms with Crippen molar-refractivity contribution in [2.75, 3.05) is 5.32 Å². The molecular formula is C25H21N3O5. The van der Waals surface area contributed by atoms with Crippen LogP contribution in [-0.4, -0.2) is 30.8 Å². The van der Waals surface area contributed by atoms with Gasteiger partial charge in [0.25, 0.3) is 0 Å². The Bertz CT molecular complexity index is 1390. The molecule has 2 heterocycles. The Labute approximate surface area is 189 Å². The molecule has 1 aliphatic heterocycles. The summed E-state index contributed by atoms with van der Waals surface area (Å²) in [5, 5.41) is 34.4. The van der Waals surface area contributed by atoms with Crippen LogP contribution in [0.3, 0.4) is 0 Å². The third-order valence-corrected chi connectivity index (χ3v) is 5.66. The lowest BCUT2D eigenvalue weighted by atomic mass is 9.93. The molecule has 4 N–H and O–H groups in total. The van der Waals surface area contributed by atoms with Crippen molar-refractivity contribution in [2.45, 2.75) is 19.6 Å². The molecule has 1 aromatic heterocycles. The number of carbonyl (C=O) groups excluding carboxylic acids is 1. The van der Waals surface area contributed by atoms with Crippen molar-refractivity contribution in [1.29, 1.82) is 0 Å². The van der Waals surface area contributed by atoms with Crippen LogP contribution in [0.2, 0.25) is 0 Å². The zero-order valence-corrected chi connectivity index (χ0v) is 17.7. The minimum absolute atomic E-state index is 0.0599. The van der Waals surface area contributed by atoms with E-state index < -0.39 is 12.0 Å².